The van der Waals surface area contributed by atoms with E-state index in [0.29, 0.717) is 34.9 Å². The number of hydrogen-bond donors (Lipinski definition) is 0. The maximum atomic E-state index is 5.09. The van der Waals surface area contributed by atoms with Gasteiger partial charge in [-0.1, -0.05) is 206 Å². The zero-order valence-corrected chi connectivity index (χ0v) is 33.5. The molecule has 11 rings (SSSR count). The Kier molecular flexibility index (Phi) is 9.41. The first-order valence-corrected chi connectivity index (χ1v) is 20.6. The molecule has 0 saturated carbocycles. The van der Waals surface area contributed by atoms with Gasteiger partial charge in [0.1, 0.15) is 0 Å². The Hall–Kier alpha value is -8.48. The number of rotatable bonds is 8. The van der Waals surface area contributed by atoms with Gasteiger partial charge in [0.05, 0.1) is 0 Å². The molecule has 0 saturated heterocycles. The van der Waals surface area contributed by atoms with Crippen molar-refractivity contribution in [1.29, 1.82) is 0 Å². The molecule has 9 aromatic carbocycles. The molecule has 0 radical (unpaired) electrons. The van der Waals surface area contributed by atoms with E-state index in [1.165, 1.54) is 10.8 Å². The molecule has 62 heavy (non-hydrogen) atoms. The van der Waals surface area contributed by atoms with Crippen molar-refractivity contribution in [2.24, 2.45) is 0 Å². The van der Waals surface area contributed by atoms with E-state index in [-0.39, 0.29) is 0 Å². The molecule has 11 aromatic rings. The summed E-state index contributed by atoms with van der Waals surface area (Å²) in [6, 6.07) is 74.9. The van der Waals surface area contributed by atoms with Crippen molar-refractivity contribution in [2.75, 3.05) is 0 Å². The lowest BCUT2D eigenvalue weighted by atomic mass is 9.84. The fraction of sp³-hybridized carbons (Fsp3) is 0. The molecule has 0 aliphatic heterocycles. The summed E-state index contributed by atoms with van der Waals surface area (Å²) >= 11 is 0. The monoisotopic (exact) mass is 792 g/mol. The zero-order chi connectivity index (χ0) is 41.2. The van der Waals surface area contributed by atoms with Gasteiger partial charge in [-0.05, 0) is 55.9 Å². The lowest BCUT2D eigenvalue weighted by molar-refractivity contribution is 1.07. The summed E-state index contributed by atoms with van der Waals surface area (Å²) in [6.07, 6.45) is 0. The highest BCUT2D eigenvalue weighted by molar-refractivity contribution is 6.21. The lowest BCUT2D eigenvalue weighted by Crippen LogP contribution is -2.00. The summed E-state index contributed by atoms with van der Waals surface area (Å²) in [5.41, 5.74) is 9.82. The van der Waals surface area contributed by atoms with E-state index >= 15 is 0 Å². The van der Waals surface area contributed by atoms with Crippen molar-refractivity contribution in [3.63, 3.8) is 0 Å². The molecule has 0 atom stereocenters. The highest BCUT2D eigenvalue weighted by atomic mass is 15.0. The Morgan fingerprint density at radius 3 is 0.710 bits per heavy atom. The molecule has 2 heterocycles. The second-order valence-electron chi connectivity index (χ2n) is 15.1. The molecule has 2 aromatic heterocycles. The van der Waals surface area contributed by atoms with Crippen LogP contribution in [0.25, 0.3) is 112 Å². The van der Waals surface area contributed by atoms with E-state index < -0.39 is 0 Å². The van der Waals surface area contributed by atoms with Crippen LogP contribution in [0.3, 0.4) is 0 Å². The van der Waals surface area contributed by atoms with Crippen LogP contribution in [0, 0.1) is 0 Å². The van der Waals surface area contributed by atoms with E-state index in [9.17, 15) is 0 Å². The fourth-order valence-electron chi connectivity index (χ4n) is 8.24. The van der Waals surface area contributed by atoms with Gasteiger partial charge >= 0.3 is 0 Å². The molecule has 290 valence electrons. The average molecular weight is 793 g/mol. The van der Waals surface area contributed by atoms with Crippen molar-refractivity contribution in [3.05, 3.63) is 218 Å². The van der Waals surface area contributed by atoms with E-state index in [2.05, 4.69) is 97.1 Å². The first-order valence-electron chi connectivity index (χ1n) is 20.6. The van der Waals surface area contributed by atoms with E-state index in [1.54, 1.807) is 0 Å². The number of hydrogen-bond acceptors (Lipinski definition) is 6. The zero-order valence-electron chi connectivity index (χ0n) is 33.5. The molecule has 0 fully saturated rings. The summed E-state index contributed by atoms with van der Waals surface area (Å²) in [6.45, 7) is 0. The molecular weight excluding hydrogens is 757 g/mol. The molecule has 0 amide bonds. The molecule has 0 bridgehead atoms. The second kappa shape index (κ2) is 15.9. The minimum Gasteiger partial charge on any atom is -0.208 e. The molecule has 6 nitrogen and oxygen atoms in total. The van der Waals surface area contributed by atoms with Gasteiger partial charge < -0.3 is 0 Å². The molecule has 0 aliphatic rings. The van der Waals surface area contributed by atoms with Crippen LogP contribution in [-0.4, -0.2) is 29.9 Å². The largest absolute Gasteiger partial charge is 0.208 e. The summed E-state index contributed by atoms with van der Waals surface area (Å²) in [4.78, 5) is 30.3. The van der Waals surface area contributed by atoms with Gasteiger partial charge in [-0.25, -0.2) is 29.9 Å². The van der Waals surface area contributed by atoms with Gasteiger partial charge in [-0.15, -0.1) is 0 Å². The van der Waals surface area contributed by atoms with Crippen LogP contribution < -0.4 is 0 Å². The molecule has 6 heteroatoms. The third-order valence-corrected chi connectivity index (χ3v) is 11.2. The molecule has 0 N–H and O–H groups in total. The highest BCUT2D eigenvalue weighted by Crippen LogP contribution is 2.45. The fourth-order valence-corrected chi connectivity index (χ4v) is 8.24. The number of aromatic nitrogens is 6. The van der Waals surface area contributed by atoms with Gasteiger partial charge in [0.15, 0.2) is 34.9 Å². The van der Waals surface area contributed by atoms with Crippen LogP contribution in [-0.2, 0) is 0 Å². The van der Waals surface area contributed by atoms with E-state index in [0.717, 1.165) is 66.4 Å². The minimum absolute atomic E-state index is 0.603. The Bertz CT molecular complexity index is 3050. The third-order valence-electron chi connectivity index (χ3n) is 11.2. The molecule has 0 aliphatic carbocycles. The molecular formula is C56H36N6. The van der Waals surface area contributed by atoms with E-state index in [4.69, 9.17) is 29.9 Å². The van der Waals surface area contributed by atoms with Crippen LogP contribution in [0.1, 0.15) is 0 Å². The van der Waals surface area contributed by atoms with Gasteiger partial charge in [0.25, 0.3) is 0 Å². The normalized spacial score (nSPS) is 11.2. The van der Waals surface area contributed by atoms with Crippen LogP contribution in [0.4, 0.5) is 0 Å². The SMILES string of the molecule is c1ccc(-c2nc(-c3ccccc3)nc(-c3cccc(-c4c(-c5cccc(-c6nc(-c7ccccc7)nc(-c7ccccc7)n6)c5)c5ccccc5c5ccccc45)c3)n2)cc1. The Morgan fingerprint density at radius 2 is 0.403 bits per heavy atom. The topological polar surface area (TPSA) is 77.3 Å². The van der Waals surface area contributed by atoms with Crippen molar-refractivity contribution in [3.8, 4) is 90.6 Å². The minimum atomic E-state index is 0.603. The lowest BCUT2D eigenvalue weighted by Gasteiger charge is -2.19. The number of fused-ring (bicyclic) bond motifs is 3. The van der Waals surface area contributed by atoms with Crippen molar-refractivity contribution in [1.82, 2.24) is 29.9 Å². The van der Waals surface area contributed by atoms with Crippen LogP contribution in [0.2, 0.25) is 0 Å². The van der Waals surface area contributed by atoms with Crippen LogP contribution in [0.15, 0.2) is 218 Å². The number of nitrogens with zero attached hydrogens (tertiary/aromatic N) is 6. The Labute approximate surface area is 359 Å². The number of benzene rings is 9. The maximum Gasteiger partial charge on any atom is 0.164 e. The quantitative estimate of drug-likeness (QED) is 0.143. The van der Waals surface area contributed by atoms with Crippen LogP contribution in [0.5, 0.6) is 0 Å². The van der Waals surface area contributed by atoms with Gasteiger partial charge in [0, 0.05) is 33.4 Å². The first kappa shape index (κ1) is 36.6. The summed E-state index contributed by atoms with van der Waals surface area (Å²) < 4.78 is 0. The third kappa shape index (κ3) is 6.95. The Balaban J connectivity index is 1.12. The van der Waals surface area contributed by atoms with Crippen molar-refractivity contribution in [2.45, 2.75) is 0 Å². The molecule has 0 unspecified atom stereocenters. The second-order valence-corrected chi connectivity index (χ2v) is 15.1. The Morgan fingerprint density at radius 1 is 0.177 bits per heavy atom. The maximum absolute atomic E-state index is 5.09. The molecule has 0 spiro atoms. The van der Waals surface area contributed by atoms with Crippen LogP contribution >= 0.6 is 0 Å². The predicted molar refractivity (Wildman–Crippen MR) is 252 cm³/mol. The standard InChI is InChI=1S/C56H36N6/c1-5-19-37(20-6-1)51-57-52(38-21-7-2-8-22-38)60-55(59-51)43-29-17-27-41(35-43)49-47-33-15-13-31-45(47)46-32-14-16-34-48(46)50(49)42-28-18-30-44(36-42)56-61-53(39-23-9-3-10-24-39)58-54(62-56)40-25-11-4-12-26-40/h1-36H. The van der Waals surface area contributed by atoms with Crippen molar-refractivity contribution >= 4 is 21.5 Å². The van der Waals surface area contributed by atoms with Gasteiger partial charge in [0.2, 0.25) is 0 Å². The summed E-state index contributed by atoms with van der Waals surface area (Å²) in [7, 11) is 0. The van der Waals surface area contributed by atoms with Gasteiger partial charge in [-0.3, -0.25) is 0 Å². The summed E-state index contributed by atoms with van der Waals surface area (Å²) in [5, 5.41) is 4.65. The average Bonchev–Trinajstić information content (AvgIpc) is 3.37. The van der Waals surface area contributed by atoms with Crippen molar-refractivity contribution < 1.29 is 0 Å². The predicted octanol–water partition coefficient (Wildman–Crippen LogP) is 13.7. The first-order chi connectivity index (χ1) is 30.7. The summed E-state index contributed by atoms with van der Waals surface area (Å²) in [5.74, 6) is 3.70. The van der Waals surface area contributed by atoms with E-state index in [1.807, 2.05) is 121 Å². The highest BCUT2D eigenvalue weighted by Gasteiger charge is 2.21. The smallest absolute Gasteiger partial charge is 0.164 e. The van der Waals surface area contributed by atoms with Gasteiger partial charge in [-0.2, -0.15) is 0 Å².